The number of thiophene rings is 1. The van der Waals surface area contributed by atoms with Gasteiger partial charge < -0.3 is 4.90 Å². The Morgan fingerprint density at radius 2 is 1.60 bits per heavy atom. The molecular weight excluding hydrogens is 480 g/mol. The van der Waals surface area contributed by atoms with Gasteiger partial charge in [-0.25, -0.2) is 4.98 Å². The molecule has 0 radical (unpaired) electrons. The number of aryl methyl sites for hydroxylation is 2. The van der Waals surface area contributed by atoms with Crippen LogP contribution in [-0.2, 0) is 0 Å². The molecule has 0 atom stereocenters. The third kappa shape index (κ3) is 2.80. The molecule has 0 aliphatic heterocycles. The lowest BCUT2D eigenvalue weighted by Gasteiger charge is -2.31. The molecular formula is C24H30BrClN2OS. The Balaban J connectivity index is 1.52. The average Bonchev–Trinajstić information content (AvgIpc) is 3.07. The third-order valence-corrected chi connectivity index (χ3v) is 11.2. The summed E-state index contributed by atoms with van der Waals surface area (Å²) in [6.45, 7) is 3.95. The highest BCUT2D eigenvalue weighted by Crippen LogP contribution is 2.77. The van der Waals surface area contributed by atoms with E-state index in [1.165, 1.54) is 75.5 Å². The van der Waals surface area contributed by atoms with Gasteiger partial charge in [-0.2, -0.15) is 0 Å². The fourth-order valence-electron chi connectivity index (χ4n) is 7.16. The molecule has 0 bridgehead atoms. The predicted molar refractivity (Wildman–Crippen MR) is 129 cm³/mol. The second-order valence-corrected chi connectivity index (χ2v) is 12.0. The number of hydrogen-bond donors (Lipinski definition) is 0. The van der Waals surface area contributed by atoms with Crippen LogP contribution in [0.25, 0.3) is 10.2 Å². The van der Waals surface area contributed by atoms with Gasteiger partial charge in [0.05, 0.1) is 15.2 Å². The molecule has 2 spiro atoms. The second kappa shape index (κ2) is 7.45. The zero-order valence-corrected chi connectivity index (χ0v) is 21.3. The van der Waals surface area contributed by atoms with Gasteiger partial charge in [0.1, 0.15) is 9.71 Å². The molecule has 3 saturated carbocycles. The molecule has 2 aromatic heterocycles. The Morgan fingerprint density at radius 1 is 1.07 bits per heavy atom. The number of pyridine rings is 1. The summed E-state index contributed by atoms with van der Waals surface area (Å²) in [5, 5.41) is 1.68. The zero-order chi connectivity index (χ0) is 21.3. The van der Waals surface area contributed by atoms with E-state index in [1.54, 1.807) is 0 Å². The quantitative estimate of drug-likeness (QED) is 0.416. The summed E-state index contributed by atoms with van der Waals surface area (Å²) >= 11 is 11.7. The minimum absolute atomic E-state index is 0.149. The van der Waals surface area contributed by atoms with Crippen molar-refractivity contribution in [2.45, 2.75) is 84.1 Å². The number of nitrogens with zero attached hydrogens (tertiary/aromatic N) is 2. The highest BCUT2D eigenvalue weighted by atomic mass is 79.9. The standard InChI is InChI=1S/C24H30BrClN2OS/c1-14-16-17(25)19(30-20(16)27-15(2)18(14)26)21(29)28(3)22-23(10-6-4-7-11-23)24(22)12-8-5-9-13-24/h22H,4-13H2,1-3H3. The topological polar surface area (TPSA) is 33.2 Å². The predicted octanol–water partition coefficient (Wildman–Crippen LogP) is 7.68. The minimum atomic E-state index is 0.149. The van der Waals surface area contributed by atoms with Gasteiger partial charge in [0.15, 0.2) is 0 Å². The van der Waals surface area contributed by atoms with Crippen LogP contribution < -0.4 is 0 Å². The van der Waals surface area contributed by atoms with E-state index in [0.29, 0.717) is 21.9 Å². The first kappa shape index (κ1) is 21.2. The van der Waals surface area contributed by atoms with E-state index in [-0.39, 0.29) is 5.91 Å². The van der Waals surface area contributed by atoms with Gasteiger partial charge in [0.2, 0.25) is 0 Å². The molecule has 0 aromatic carbocycles. The van der Waals surface area contributed by atoms with E-state index in [1.807, 2.05) is 13.8 Å². The molecule has 3 aliphatic rings. The van der Waals surface area contributed by atoms with Crippen molar-refractivity contribution in [3.8, 4) is 0 Å². The third-order valence-electron chi connectivity index (χ3n) is 8.47. The number of hydrogen-bond acceptors (Lipinski definition) is 3. The summed E-state index contributed by atoms with van der Waals surface area (Å²) in [6, 6.07) is 0.398. The lowest BCUT2D eigenvalue weighted by atomic mass is 9.73. The van der Waals surface area contributed by atoms with Crippen molar-refractivity contribution in [2.24, 2.45) is 10.8 Å². The first-order valence-corrected chi connectivity index (χ1v) is 13.3. The van der Waals surface area contributed by atoms with Crippen LogP contribution in [-0.4, -0.2) is 28.9 Å². The van der Waals surface area contributed by atoms with Gasteiger partial charge in [0, 0.05) is 18.5 Å². The number of aromatic nitrogens is 1. The van der Waals surface area contributed by atoms with E-state index in [4.69, 9.17) is 11.6 Å². The van der Waals surface area contributed by atoms with Crippen molar-refractivity contribution in [2.75, 3.05) is 7.05 Å². The Morgan fingerprint density at radius 3 is 2.13 bits per heavy atom. The van der Waals surface area contributed by atoms with Crippen molar-refractivity contribution in [3.63, 3.8) is 0 Å². The lowest BCUT2D eigenvalue weighted by molar-refractivity contribution is 0.0747. The fraction of sp³-hybridized carbons (Fsp3) is 0.667. The summed E-state index contributed by atoms with van der Waals surface area (Å²) in [5.74, 6) is 0.149. The minimum Gasteiger partial charge on any atom is -0.337 e. The van der Waals surface area contributed by atoms with Gasteiger partial charge in [0.25, 0.3) is 5.91 Å². The van der Waals surface area contributed by atoms with Crippen molar-refractivity contribution in [3.05, 3.63) is 25.6 Å². The Labute approximate surface area is 196 Å². The molecule has 3 aliphatic carbocycles. The van der Waals surface area contributed by atoms with E-state index in [9.17, 15) is 4.79 Å². The Bertz CT molecular complexity index is 996. The molecule has 3 nitrogen and oxygen atoms in total. The molecule has 0 saturated heterocycles. The fourth-order valence-corrected chi connectivity index (χ4v) is 9.48. The normalized spacial score (nSPS) is 22.7. The lowest BCUT2D eigenvalue weighted by Crippen LogP contribution is -2.34. The van der Waals surface area contributed by atoms with Crippen LogP contribution in [0.4, 0.5) is 0 Å². The van der Waals surface area contributed by atoms with E-state index in [0.717, 1.165) is 30.8 Å². The van der Waals surface area contributed by atoms with Crippen molar-refractivity contribution >= 4 is 55.0 Å². The van der Waals surface area contributed by atoms with Crippen LogP contribution in [0.1, 0.15) is 85.1 Å². The maximum Gasteiger partial charge on any atom is 0.265 e. The average molecular weight is 510 g/mol. The van der Waals surface area contributed by atoms with Gasteiger partial charge >= 0.3 is 0 Å². The van der Waals surface area contributed by atoms with Crippen molar-refractivity contribution < 1.29 is 4.79 Å². The number of amides is 1. The molecule has 1 amide bonds. The molecule has 2 heterocycles. The van der Waals surface area contributed by atoms with E-state index < -0.39 is 0 Å². The Kier molecular flexibility index (Phi) is 5.27. The number of carbonyl (C=O) groups excluding carboxylic acids is 1. The number of rotatable bonds is 2. The van der Waals surface area contributed by atoms with Crippen LogP contribution in [0.5, 0.6) is 0 Å². The summed E-state index contributed by atoms with van der Waals surface area (Å²) < 4.78 is 0.863. The monoisotopic (exact) mass is 508 g/mol. The Hall–Kier alpha value is -0.650. The second-order valence-electron chi connectivity index (χ2n) is 9.81. The summed E-state index contributed by atoms with van der Waals surface area (Å²) in [7, 11) is 2.06. The zero-order valence-electron chi connectivity index (χ0n) is 18.1. The molecule has 6 heteroatoms. The first-order chi connectivity index (χ1) is 14.3. The molecule has 2 aromatic rings. The summed E-state index contributed by atoms with van der Waals surface area (Å²) in [6.07, 6.45) is 13.2. The SMILES string of the molecule is Cc1nc2sc(C(=O)N(C)C3C4(CCCCC4)C34CCCCC4)c(Br)c2c(C)c1Cl. The van der Waals surface area contributed by atoms with Crippen LogP contribution in [0.3, 0.4) is 0 Å². The molecule has 3 fully saturated rings. The summed E-state index contributed by atoms with van der Waals surface area (Å²) in [5.41, 5.74) is 2.57. The highest BCUT2D eigenvalue weighted by molar-refractivity contribution is 9.10. The van der Waals surface area contributed by atoms with Crippen molar-refractivity contribution in [1.29, 1.82) is 0 Å². The molecule has 0 N–H and O–H groups in total. The molecule has 5 rings (SSSR count). The van der Waals surface area contributed by atoms with Crippen LogP contribution >= 0.6 is 38.9 Å². The maximum absolute atomic E-state index is 13.8. The van der Waals surface area contributed by atoms with E-state index in [2.05, 4.69) is 32.9 Å². The van der Waals surface area contributed by atoms with Gasteiger partial charge in [-0.15, -0.1) is 11.3 Å². The van der Waals surface area contributed by atoms with Crippen LogP contribution in [0.15, 0.2) is 4.47 Å². The number of fused-ring (bicyclic) bond motifs is 2. The van der Waals surface area contributed by atoms with E-state index >= 15 is 0 Å². The van der Waals surface area contributed by atoms with Gasteiger partial charge in [-0.3, -0.25) is 4.79 Å². The largest absolute Gasteiger partial charge is 0.337 e. The highest BCUT2D eigenvalue weighted by Gasteiger charge is 2.76. The number of carbonyl (C=O) groups is 1. The van der Waals surface area contributed by atoms with Crippen molar-refractivity contribution in [1.82, 2.24) is 9.88 Å². The molecule has 0 unspecified atom stereocenters. The van der Waals surface area contributed by atoms with Crippen LogP contribution in [0, 0.1) is 24.7 Å². The van der Waals surface area contributed by atoms with Gasteiger partial charge in [-0.1, -0.05) is 50.1 Å². The maximum atomic E-state index is 13.8. The first-order valence-electron chi connectivity index (χ1n) is 11.4. The number of halogens is 2. The molecule has 30 heavy (non-hydrogen) atoms. The van der Waals surface area contributed by atoms with Crippen LogP contribution in [0.2, 0.25) is 5.02 Å². The smallest absolute Gasteiger partial charge is 0.265 e. The molecule has 162 valence electrons. The van der Waals surface area contributed by atoms with Gasteiger partial charge in [-0.05, 0) is 71.9 Å². The summed E-state index contributed by atoms with van der Waals surface area (Å²) in [4.78, 5) is 22.3.